The Balaban J connectivity index is 1.50. The van der Waals surface area contributed by atoms with Gasteiger partial charge in [0.15, 0.2) is 23.4 Å². The summed E-state index contributed by atoms with van der Waals surface area (Å²) >= 11 is 0. The molecule has 1 aliphatic rings. The summed E-state index contributed by atoms with van der Waals surface area (Å²) in [5.41, 5.74) is 2.75. The van der Waals surface area contributed by atoms with Crippen LogP contribution in [0.5, 0.6) is 0 Å². The maximum atomic E-state index is 13.4. The molecule has 1 amide bonds. The second-order valence-electron chi connectivity index (χ2n) is 7.01. The molecule has 1 unspecified atom stereocenters. The van der Waals surface area contributed by atoms with E-state index in [-0.39, 0.29) is 11.6 Å². The van der Waals surface area contributed by atoms with Crippen LogP contribution in [0.2, 0.25) is 0 Å². The Morgan fingerprint density at radius 3 is 2.64 bits per heavy atom. The van der Waals surface area contributed by atoms with Gasteiger partial charge in [-0.15, -0.1) is 0 Å². The first-order chi connectivity index (χ1) is 13.6. The predicted octanol–water partition coefficient (Wildman–Crippen LogP) is 2.67. The number of furan rings is 1. The normalized spacial score (nSPS) is 17.0. The zero-order valence-electron chi connectivity index (χ0n) is 15.3. The van der Waals surface area contributed by atoms with Crippen LogP contribution in [0.3, 0.4) is 0 Å². The van der Waals surface area contributed by atoms with E-state index in [0.29, 0.717) is 6.54 Å². The number of amides is 1. The van der Waals surface area contributed by atoms with Crippen molar-refractivity contribution in [1.82, 2.24) is 5.32 Å². The highest BCUT2D eigenvalue weighted by Crippen LogP contribution is 2.16. The Hall–Kier alpha value is -2.99. The predicted molar refractivity (Wildman–Crippen MR) is 99.8 cm³/mol. The Morgan fingerprint density at radius 1 is 1.07 bits per heavy atom. The van der Waals surface area contributed by atoms with E-state index in [1.54, 1.807) is 6.26 Å². The van der Waals surface area contributed by atoms with Crippen LogP contribution in [0.15, 0.2) is 65.3 Å². The van der Waals surface area contributed by atoms with Crippen LogP contribution >= 0.6 is 0 Å². The number of quaternary nitrogens is 1. The van der Waals surface area contributed by atoms with Crippen molar-refractivity contribution < 1.29 is 22.9 Å². The molecule has 0 aliphatic carbocycles. The Labute approximate surface area is 161 Å². The number of carbonyl (C=O) groups is 1. The van der Waals surface area contributed by atoms with E-state index in [1.807, 2.05) is 18.2 Å². The third kappa shape index (κ3) is 3.82. The molecular formula is C22H21F2N2O2+. The summed E-state index contributed by atoms with van der Waals surface area (Å²) in [6, 6.07) is 15.2. The van der Waals surface area contributed by atoms with E-state index < -0.39 is 17.5 Å². The highest BCUT2D eigenvalue weighted by atomic mass is 19.2. The van der Waals surface area contributed by atoms with Crippen molar-refractivity contribution >= 4 is 5.91 Å². The fourth-order valence-electron chi connectivity index (χ4n) is 3.77. The van der Waals surface area contributed by atoms with Crippen molar-refractivity contribution in [3.63, 3.8) is 0 Å². The standard InChI is InChI=1S/C22H20F2N2O2/c23-18-8-7-16(12-19(18)24)22(27)25-13-20(21-6-3-11-28-21)26-10-9-15-4-1-2-5-17(15)14-26/h1-8,11-12,20H,9-10,13-14H2,(H,25,27)/p+1/t20-/m0/s1. The van der Waals surface area contributed by atoms with Crippen molar-refractivity contribution in [1.29, 1.82) is 0 Å². The number of nitrogens with one attached hydrogen (secondary N) is 2. The molecule has 1 aliphatic heterocycles. The van der Waals surface area contributed by atoms with Crippen LogP contribution < -0.4 is 10.2 Å². The van der Waals surface area contributed by atoms with E-state index in [1.165, 1.54) is 22.1 Å². The Kier molecular flexibility index (Phi) is 5.21. The summed E-state index contributed by atoms with van der Waals surface area (Å²) in [7, 11) is 0. The summed E-state index contributed by atoms with van der Waals surface area (Å²) in [6.45, 7) is 2.09. The van der Waals surface area contributed by atoms with Crippen molar-refractivity contribution in [2.24, 2.45) is 0 Å². The molecule has 28 heavy (non-hydrogen) atoms. The second-order valence-corrected chi connectivity index (χ2v) is 7.01. The molecule has 1 aromatic heterocycles. The second kappa shape index (κ2) is 7.94. The van der Waals surface area contributed by atoms with Crippen molar-refractivity contribution in [3.05, 3.63) is 94.9 Å². The fraction of sp³-hybridized carbons (Fsp3) is 0.227. The van der Waals surface area contributed by atoms with Gasteiger partial charge >= 0.3 is 0 Å². The zero-order chi connectivity index (χ0) is 19.5. The third-order valence-electron chi connectivity index (χ3n) is 5.28. The number of halogens is 2. The molecular weight excluding hydrogens is 362 g/mol. The first-order valence-corrected chi connectivity index (χ1v) is 9.30. The maximum Gasteiger partial charge on any atom is 0.251 e. The van der Waals surface area contributed by atoms with Gasteiger partial charge in [0.05, 0.1) is 19.4 Å². The highest BCUT2D eigenvalue weighted by molar-refractivity contribution is 5.94. The van der Waals surface area contributed by atoms with E-state index >= 15 is 0 Å². The van der Waals surface area contributed by atoms with E-state index in [9.17, 15) is 13.6 Å². The lowest BCUT2D eigenvalue weighted by Crippen LogP contribution is -3.12. The van der Waals surface area contributed by atoms with Gasteiger partial charge in [0, 0.05) is 17.5 Å². The van der Waals surface area contributed by atoms with Gasteiger partial charge < -0.3 is 14.6 Å². The molecule has 0 saturated carbocycles. The monoisotopic (exact) mass is 383 g/mol. The SMILES string of the molecule is O=C(NC[C@@H](c1ccco1)[NH+]1CCc2ccccc2C1)c1ccc(F)c(F)c1. The van der Waals surface area contributed by atoms with Gasteiger partial charge in [0.25, 0.3) is 5.91 Å². The molecule has 3 aromatic rings. The molecule has 0 bridgehead atoms. The van der Waals surface area contributed by atoms with E-state index in [0.717, 1.165) is 37.4 Å². The summed E-state index contributed by atoms with van der Waals surface area (Å²) in [6.07, 6.45) is 2.58. The van der Waals surface area contributed by atoms with Crippen molar-refractivity contribution in [2.75, 3.05) is 13.1 Å². The number of carbonyl (C=O) groups excluding carboxylic acids is 1. The van der Waals surface area contributed by atoms with E-state index in [2.05, 4.69) is 23.5 Å². The number of fused-ring (bicyclic) bond motifs is 1. The summed E-state index contributed by atoms with van der Waals surface area (Å²) in [4.78, 5) is 13.7. The largest absolute Gasteiger partial charge is 0.463 e. The quantitative estimate of drug-likeness (QED) is 0.712. The minimum atomic E-state index is -1.03. The molecule has 2 atom stereocenters. The average molecular weight is 383 g/mol. The van der Waals surface area contributed by atoms with Gasteiger partial charge in [0.2, 0.25) is 0 Å². The average Bonchev–Trinajstić information content (AvgIpc) is 3.24. The van der Waals surface area contributed by atoms with Gasteiger partial charge in [-0.2, -0.15) is 0 Å². The summed E-state index contributed by atoms with van der Waals surface area (Å²) < 4.78 is 32.2. The summed E-state index contributed by atoms with van der Waals surface area (Å²) in [5, 5.41) is 2.85. The van der Waals surface area contributed by atoms with Crippen molar-refractivity contribution in [2.45, 2.75) is 19.0 Å². The van der Waals surface area contributed by atoms with Crippen LogP contribution in [0.4, 0.5) is 8.78 Å². The Bertz CT molecular complexity index is 972. The molecule has 4 rings (SSSR count). The minimum Gasteiger partial charge on any atom is -0.463 e. The number of rotatable bonds is 5. The van der Waals surface area contributed by atoms with Crippen molar-refractivity contribution in [3.8, 4) is 0 Å². The van der Waals surface area contributed by atoms with Gasteiger partial charge in [0.1, 0.15) is 6.54 Å². The topological polar surface area (TPSA) is 46.7 Å². The smallest absolute Gasteiger partial charge is 0.251 e. The van der Waals surface area contributed by atoms with Crippen LogP contribution in [-0.2, 0) is 13.0 Å². The molecule has 2 aromatic carbocycles. The van der Waals surface area contributed by atoms with Crippen LogP contribution in [0.25, 0.3) is 0 Å². The molecule has 0 saturated heterocycles. The molecule has 2 heterocycles. The molecule has 6 heteroatoms. The zero-order valence-corrected chi connectivity index (χ0v) is 15.3. The lowest BCUT2D eigenvalue weighted by molar-refractivity contribution is -0.946. The number of hydrogen-bond donors (Lipinski definition) is 2. The fourth-order valence-corrected chi connectivity index (χ4v) is 3.77. The molecule has 0 spiro atoms. The molecule has 2 N–H and O–H groups in total. The minimum absolute atomic E-state index is 0.0717. The lowest BCUT2D eigenvalue weighted by atomic mass is 9.98. The van der Waals surface area contributed by atoms with Crippen LogP contribution in [0.1, 0.15) is 33.3 Å². The number of benzene rings is 2. The van der Waals surface area contributed by atoms with Gasteiger partial charge in [-0.25, -0.2) is 8.78 Å². The molecule has 144 valence electrons. The highest BCUT2D eigenvalue weighted by Gasteiger charge is 2.30. The van der Waals surface area contributed by atoms with Gasteiger partial charge in [-0.1, -0.05) is 24.3 Å². The number of hydrogen-bond acceptors (Lipinski definition) is 2. The lowest BCUT2D eigenvalue weighted by Gasteiger charge is -2.31. The summed E-state index contributed by atoms with van der Waals surface area (Å²) in [5.74, 6) is -1.65. The maximum absolute atomic E-state index is 13.4. The van der Waals surface area contributed by atoms with Crippen LogP contribution in [-0.4, -0.2) is 19.0 Å². The molecule has 4 nitrogen and oxygen atoms in total. The molecule has 0 fully saturated rings. The first kappa shape index (κ1) is 18.4. The first-order valence-electron chi connectivity index (χ1n) is 9.30. The molecule has 0 radical (unpaired) electrons. The van der Waals surface area contributed by atoms with Gasteiger partial charge in [-0.3, -0.25) is 4.79 Å². The van der Waals surface area contributed by atoms with E-state index in [4.69, 9.17) is 4.42 Å². The van der Waals surface area contributed by atoms with Gasteiger partial charge in [-0.05, 0) is 35.9 Å². The van der Waals surface area contributed by atoms with Crippen LogP contribution in [0, 0.1) is 11.6 Å². The Morgan fingerprint density at radius 2 is 1.89 bits per heavy atom. The third-order valence-corrected chi connectivity index (χ3v) is 5.28.